The lowest BCUT2D eigenvalue weighted by Gasteiger charge is -2.37. The van der Waals surface area contributed by atoms with Crippen molar-refractivity contribution in [3.63, 3.8) is 0 Å². The third-order valence-corrected chi connectivity index (χ3v) is 3.60. The Morgan fingerprint density at radius 1 is 1.33 bits per heavy atom. The molecule has 1 atom stereocenters. The highest BCUT2D eigenvalue weighted by atomic mass is 16.1. The molecule has 1 unspecified atom stereocenters. The van der Waals surface area contributed by atoms with Crippen LogP contribution in [0.25, 0.3) is 0 Å². The molecule has 0 aromatic heterocycles. The van der Waals surface area contributed by atoms with Crippen LogP contribution in [0.5, 0.6) is 0 Å². The van der Waals surface area contributed by atoms with Gasteiger partial charge in [-0.25, -0.2) is 0 Å². The molecule has 0 N–H and O–H groups in total. The fraction of sp³-hybridized carbons (Fsp3) is 0.917. The molecular weight excluding hydrogens is 188 g/mol. The molecule has 3 heteroatoms. The summed E-state index contributed by atoms with van der Waals surface area (Å²) < 4.78 is 0. The summed E-state index contributed by atoms with van der Waals surface area (Å²) in [6.45, 7) is 7.43. The Bertz CT molecular complexity index is 230. The third kappa shape index (κ3) is 2.79. The lowest BCUT2D eigenvalue weighted by Crippen LogP contribution is -2.51. The Morgan fingerprint density at radius 2 is 2.20 bits per heavy atom. The highest BCUT2D eigenvalue weighted by Crippen LogP contribution is 2.21. The van der Waals surface area contributed by atoms with E-state index in [-0.39, 0.29) is 0 Å². The molecule has 15 heavy (non-hydrogen) atoms. The van der Waals surface area contributed by atoms with Crippen molar-refractivity contribution in [3.8, 4) is 0 Å². The van der Waals surface area contributed by atoms with Gasteiger partial charge in [0.25, 0.3) is 0 Å². The van der Waals surface area contributed by atoms with Gasteiger partial charge in [-0.15, -0.1) is 0 Å². The average molecular weight is 210 g/mol. The number of carbonyl (C=O) groups excluding carboxylic acids is 1. The summed E-state index contributed by atoms with van der Waals surface area (Å²) in [4.78, 5) is 16.5. The van der Waals surface area contributed by atoms with E-state index in [0.29, 0.717) is 12.3 Å². The monoisotopic (exact) mass is 210 g/mol. The Balaban J connectivity index is 1.77. The van der Waals surface area contributed by atoms with Gasteiger partial charge in [0.15, 0.2) is 0 Å². The molecule has 0 saturated carbocycles. The second kappa shape index (κ2) is 5.08. The molecule has 0 aromatic rings. The van der Waals surface area contributed by atoms with Gasteiger partial charge in [0.05, 0.1) is 6.54 Å². The van der Waals surface area contributed by atoms with Gasteiger partial charge < -0.3 is 0 Å². The zero-order valence-corrected chi connectivity index (χ0v) is 9.74. The standard InChI is InChI=1S/C12H22N2O/c1-2-4-12(15)10-13-7-8-14-6-3-5-11(14)9-13/h11H,2-10H2,1H3. The van der Waals surface area contributed by atoms with Crippen LogP contribution in [0.3, 0.4) is 0 Å². The summed E-state index contributed by atoms with van der Waals surface area (Å²) >= 11 is 0. The summed E-state index contributed by atoms with van der Waals surface area (Å²) in [5.41, 5.74) is 0. The lowest BCUT2D eigenvalue weighted by atomic mass is 10.1. The maximum absolute atomic E-state index is 11.5. The first-order valence-electron chi connectivity index (χ1n) is 6.27. The predicted molar refractivity (Wildman–Crippen MR) is 61.0 cm³/mol. The van der Waals surface area contributed by atoms with E-state index in [0.717, 1.165) is 32.0 Å². The van der Waals surface area contributed by atoms with Gasteiger partial charge in [-0.3, -0.25) is 14.6 Å². The Morgan fingerprint density at radius 3 is 3.00 bits per heavy atom. The van der Waals surface area contributed by atoms with Crippen molar-refractivity contribution in [2.75, 3.05) is 32.7 Å². The van der Waals surface area contributed by atoms with E-state index in [1.807, 2.05) is 0 Å². The quantitative estimate of drug-likeness (QED) is 0.695. The summed E-state index contributed by atoms with van der Waals surface area (Å²) in [5, 5.41) is 0. The summed E-state index contributed by atoms with van der Waals surface area (Å²) in [6, 6.07) is 0.744. The minimum absolute atomic E-state index is 0.420. The van der Waals surface area contributed by atoms with Crippen LogP contribution in [-0.2, 0) is 4.79 Å². The Hall–Kier alpha value is -0.410. The van der Waals surface area contributed by atoms with E-state index < -0.39 is 0 Å². The molecule has 2 heterocycles. The van der Waals surface area contributed by atoms with Crippen molar-refractivity contribution in [2.45, 2.75) is 38.6 Å². The number of fused-ring (bicyclic) bond motifs is 1. The van der Waals surface area contributed by atoms with Crippen molar-refractivity contribution in [1.29, 1.82) is 0 Å². The molecule has 2 fully saturated rings. The van der Waals surface area contributed by atoms with E-state index in [1.54, 1.807) is 0 Å². The van der Waals surface area contributed by atoms with Crippen LogP contribution >= 0.6 is 0 Å². The van der Waals surface area contributed by atoms with Crippen molar-refractivity contribution >= 4 is 5.78 Å². The number of carbonyl (C=O) groups is 1. The van der Waals surface area contributed by atoms with E-state index in [4.69, 9.17) is 0 Å². The van der Waals surface area contributed by atoms with Crippen molar-refractivity contribution in [1.82, 2.24) is 9.80 Å². The number of piperazine rings is 1. The molecule has 0 aromatic carbocycles. The number of rotatable bonds is 4. The Labute approximate surface area is 92.4 Å². The van der Waals surface area contributed by atoms with Crippen LogP contribution in [0.1, 0.15) is 32.6 Å². The number of hydrogen-bond acceptors (Lipinski definition) is 3. The molecule has 2 saturated heterocycles. The lowest BCUT2D eigenvalue weighted by molar-refractivity contribution is -0.120. The first kappa shape index (κ1) is 11.1. The molecule has 2 aliphatic heterocycles. The second-order valence-electron chi connectivity index (χ2n) is 4.86. The fourth-order valence-corrected chi connectivity index (χ4v) is 2.81. The summed E-state index contributed by atoms with van der Waals surface area (Å²) in [5.74, 6) is 0.420. The summed E-state index contributed by atoms with van der Waals surface area (Å²) in [6.07, 6.45) is 4.42. The Kier molecular flexibility index (Phi) is 3.76. The van der Waals surface area contributed by atoms with Crippen LogP contribution in [0.4, 0.5) is 0 Å². The minimum atomic E-state index is 0.420. The van der Waals surface area contributed by atoms with Crippen molar-refractivity contribution in [2.24, 2.45) is 0 Å². The molecular formula is C12H22N2O. The molecule has 2 rings (SSSR count). The van der Waals surface area contributed by atoms with Gasteiger partial charge in [0.2, 0.25) is 0 Å². The fourth-order valence-electron chi connectivity index (χ4n) is 2.81. The topological polar surface area (TPSA) is 23.6 Å². The van der Waals surface area contributed by atoms with E-state index >= 15 is 0 Å². The first-order valence-corrected chi connectivity index (χ1v) is 6.27. The molecule has 0 spiro atoms. The summed E-state index contributed by atoms with van der Waals surface area (Å²) in [7, 11) is 0. The average Bonchev–Trinajstić information content (AvgIpc) is 2.65. The van der Waals surface area contributed by atoms with Gasteiger partial charge in [0.1, 0.15) is 5.78 Å². The maximum atomic E-state index is 11.5. The van der Waals surface area contributed by atoms with Crippen LogP contribution < -0.4 is 0 Å². The van der Waals surface area contributed by atoms with Crippen molar-refractivity contribution < 1.29 is 4.79 Å². The predicted octanol–water partition coefficient (Wildman–Crippen LogP) is 1.14. The molecule has 0 aliphatic carbocycles. The number of hydrogen-bond donors (Lipinski definition) is 0. The van der Waals surface area contributed by atoms with Crippen molar-refractivity contribution in [3.05, 3.63) is 0 Å². The highest BCUT2D eigenvalue weighted by Gasteiger charge is 2.30. The molecule has 0 bridgehead atoms. The second-order valence-corrected chi connectivity index (χ2v) is 4.86. The van der Waals surface area contributed by atoms with E-state index in [9.17, 15) is 4.79 Å². The van der Waals surface area contributed by atoms with Gasteiger partial charge in [-0.1, -0.05) is 6.92 Å². The number of ketones is 1. The van der Waals surface area contributed by atoms with Gasteiger partial charge in [0, 0.05) is 32.1 Å². The van der Waals surface area contributed by atoms with Gasteiger partial charge >= 0.3 is 0 Å². The zero-order chi connectivity index (χ0) is 10.7. The smallest absolute Gasteiger partial charge is 0.146 e. The normalized spacial score (nSPS) is 27.9. The largest absolute Gasteiger partial charge is 0.298 e. The van der Waals surface area contributed by atoms with E-state index in [2.05, 4.69) is 16.7 Å². The van der Waals surface area contributed by atoms with E-state index in [1.165, 1.54) is 25.9 Å². The highest BCUT2D eigenvalue weighted by molar-refractivity contribution is 5.80. The third-order valence-electron chi connectivity index (χ3n) is 3.60. The number of nitrogens with zero attached hydrogens (tertiary/aromatic N) is 2. The molecule has 2 aliphatic rings. The molecule has 3 nitrogen and oxygen atoms in total. The van der Waals surface area contributed by atoms with Crippen LogP contribution in [0, 0.1) is 0 Å². The van der Waals surface area contributed by atoms with Crippen LogP contribution in [0.15, 0.2) is 0 Å². The van der Waals surface area contributed by atoms with Gasteiger partial charge in [-0.2, -0.15) is 0 Å². The van der Waals surface area contributed by atoms with Crippen LogP contribution in [0.2, 0.25) is 0 Å². The minimum Gasteiger partial charge on any atom is -0.298 e. The SMILES string of the molecule is CCCC(=O)CN1CCN2CCCC2C1. The van der Waals surface area contributed by atoms with Crippen LogP contribution in [-0.4, -0.2) is 54.3 Å². The number of Topliss-reactive ketones (excluding diaryl/α,β-unsaturated/α-hetero) is 1. The molecule has 0 amide bonds. The zero-order valence-electron chi connectivity index (χ0n) is 9.74. The first-order chi connectivity index (χ1) is 7.29. The molecule has 86 valence electrons. The van der Waals surface area contributed by atoms with Gasteiger partial charge in [-0.05, 0) is 25.8 Å². The maximum Gasteiger partial charge on any atom is 0.146 e. The molecule has 0 radical (unpaired) electrons.